The van der Waals surface area contributed by atoms with Crippen LogP contribution in [0.3, 0.4) is 0 Å². The molecule has 6 aromatic carbocycles. The van der Waals surface area contributed by atoms with Crippen molar-refractivity contribution in [2.45, 2.75) is 115 Å². The molecule has 6 aromatic rings. The molecule has 102 heavy (non-hydrogen) atoms. The molecule has 8 rings (SSSR count). The Hall–Kier alpha value is -9.54. The van der Waals surface area contributed by atoms with Crippen molar-refractivity contribution in [1.29, 1.82) is 0 Å². The topological polar surface area (TPSA) is 210 Å². The second-order valence-corrected chi connectivity index (χ2v) is 25.3. The first kappa shape index (κ1) is 78.2. The lowest BCUT2D eigenvalue weighted by molar-refractivity contribution is -0.162. The average molecular weight is 1410 g/mol. The molecule has 22 nitrogen and oxygen atoms in total. The Morgan fingerprint density at radius 1 is 0.471 bits per heavy atom. The fraction of sp³-hybridized carbons (Fsp3) is 0.475. The van der Waals surface area contributed by atoms with Gasteiger partial charge in [-0.05, 0) is 198 Å². The summed E-state index contributed by atoms with van der Waals surface area (Å²) in [6.07, 6.45) is 6.70. The highest BCUT2D eigenvalue weighted by Gasteiger charge is 2.40. The van der Waals surface area contributed by atoms with E-state index in [0.717, 1.165) is 61.0 Å². The summed E-state index contributed by atoms with van der Waals surface area (Å²) < 4.78 is 81.9. The number of piperidine rings is 2. The molecule has 5 atom stereocenters. The van der Waals surface area contributed by atoms with Gasteiger partial charge in [-0.25, -0.2) is 9.59 Å². The third-order valence-electron chi connectivity index (χ3n) is 19.0. The van der Waals surface area contributed by atoms with E-state index in [0.29, 0.717) is 170 Å². The van der Waals surface area contributed by atoms with Crippen LogP contribution >= 0.6 is 0 Å². The zero-order valence-corrected chi connectivity index (χ0v) is 61.9. The number of hydrogen-bond donors (Lipinski definition) is 0. The van der Waals surface area contributed by atoms with Gasteiger partial charge in [0.2, 0.25) is 17.4 Å². The van der Waals surface area contributed by atoms with Gasteiger partial charge >= 0.3 is 11.9 Å². The van der Waals surface area contributed by atoms with Crippen LogP contribution in [-0.2, 0) is 41.5 Å². The molecule has 2 aliphatic heterocycles. The third-order valence-corrected chi connectivity index (χ3v) is 19.0. The maximum absolute atomic E-state index is 14.7. The number of methoxy groups -OCH3 is 10. The molecule has 2 fully saturated rings. The Bertz CT molecular complexity index is 3720. The van der Waals surface area contributed by atoms with E-state index >= 15 is 0 Å². The number of aryl methyl sites for hydroxylation is 2. The number of carbonyl (C=O) groups is 4. The van der Waals surface area contributed by atoms with Crippen molar-refractivity contribution in [3.8, 4) is 69.0 Å². The minimum atomic E-state index is -0.830. The summed E-state index contributed by atoms with van der Waals surface area (Å²) in [5, 5.41) is 0. The van der Waals surface area contributed by atoms with E-state index in [1.807, 2.05) is 91.9 Å². The number of hydrogen-bond acceptors (Lipinski definition) is 20. The largest absolute Gasteiger partial charge is 0.493 e. The summed E-state index contributed by atoms with van der Waals surface area (Å²) in [5.74, 6) is 4.20. The van der Waals surface area contributed by atoms with Crippen molar-refractivity contribution in [2.24, 2.45) is 0 Å². The van der Waals surface area contributed by atoms with E-state index in [2.05, 4.69) is 23.9 Å². The number of amides is 2. The van der Waals surface area contributed by atoms with E-state index in [4.69, 9.17) is 66.3 Å². The number of carbonyl (C=O) groups excluding carboxylic acids is 4. The van der Waals surface area contributed by atoms with Crippen LogP contribution in [0.1, 0.15) is 123 Å². The standard InChI is InChI=1S/C80H104N4O18/c1-15-61(57-49-71(93-9)75(97-13)72(50-57)94-10)77(85)83-37-19-17-27-63(83)79(87)101-65(33-29-53-31-35-67(89-5)69(45-53)91-7)55-23-21-25-59(47-55)99-43-41-81(3)39-40-82(4)42-44-100-60-26-22-24-56(48-60)66(34-30-54-32-36-68(90-6)70(46-54)92-8)102-80(88)64-28-18-20-38-84(64)78(86)62(16-2)58-51-73(95-11)76(98-14)74(52-58)96-12/h15,21-26,31-32,35-36,45-52,62-66H,16-20,27-30,33-34,37-44H2,1-14H3/b61-15+/t62-,63-,64-,65+,66+/m0/s1. The van der Waals surface area contributed by atoms with Crippen molar-refractivity contribution in [3.05, 3.63) is 149 Å². The van der Waals surface area contributed by atoms with E-state index in [1.54, 1.807) is 89.7 Å². The zero-order chi connectivity index (χ0) is 73.2. The Labute approximate surface area is 601 Å². The van der Waals surface area contributed by atoms with Gasteiger partial charge in [-0.1, -0.05) is 49.4 Å². The van der Waals surface area contributed by atoms with Gasteiger partial charge in [0.15, 0.2) is 46.0 Å². The predicted molar refractivity (Wildman–Crippen MR) is 390 cm³/mol. The summed E-state index contributed by atoms with van der Waals surface area (Å²) in [5.41, 5.74) is 5.11. The van der Waals surface area contributed by atoms with Gasteiger partial charge in [-0.2, -0.15) is 0 Å². The second kappa shape index (κ2) is 39.0. The summed E-state index contributed by atoms with van der Waals surface area (Å²) in [7, 11) is 19.7. The van der Waals surface area contributed by atoms with Crippen molar-refractivity contribution < 1.29 is 85.5 Å². The van der Waals surface area contributed by atoms with Crippen LogP contribution in [0, 0.1) is 0 Å². The molecule has 552 valence electrons. The number of esters is 2. The smallest absolute Gasteiger partial charge is 0.329 e. The van der Waals surface area contributed by atoms with Crippen LogP contribution in [0.25, 0.3) is 5.57 Å². The molecule has 0 spiro atoms. The lowest BCUT2D eigenvalue weighted by Gasteiger charge is -2.37. The molecule has 0 radical (unpaired) electrons. The maximum Gasteiger partial charge on any atom is 0.329 e. The fourth-order valence-electron chi connectivity index (χ4n) is 13.2. The number of likely N-dealkylation sites (tertiary alicyclic amines) is 2. The Kier molecular flexibility index (Phi) is 29.9. The van der Waals surface area contributed by atoms with Gasteiger partial charge in [0.1, 0.15) is 49.0 Å². The molecular formula is C80H104N4O18. The van der Waals surface area contributed by atoms with Gasteiger partial charge in [0, 0.05) is 44.8 Å². The molecule has 0 saturated carbocycles. The van der Waals surface area contributed by atoms with Crippen LogP contribution in [-0.4, -0.2) is 193 Å². The minimum Gasteiger partial charge on any atom is -0.493 e. The van der Waals surface area contributed by atoms with E-state index in [-0.39, 0.29) is 11.8 Å². The first-order chi connectivity index (χ1) is 49.5. The third kappa shape index (κ3) is 20.2. The Morgan fingerprint density at radius 2 is 0.892 bits per heavy atom. The normalized spacial score (nSPS) is 15.5. The Balaban J connectivity index is 0.885. The number of benzene rings is 6. The van der Waals surface area contributed by atoms with Crippen LogP contribution in [0.4, 0.5) is 0 Å². The first-order valence-corrected chi connectivity index (χ1v) is 35.0. The number of rotatable bonds is 38. The van der Waals surface area contributed by atoms with Crippen LogP contribution < -0.4 is 56.8 Å². The molecule has 0 bridgehead atoms. The number of nitrogens with zero attached hydrogens (tertiary/aromatic N) is 4. The van der Waals surface area contributed by atoms with Crippen LogP contribution in [0.15, 0.2) is 115 Å². The highest BCUT2D eigenvalue weighted by atomic mass is 16.6. The van der Waals surface area contributed by atoms with Gasteiger partial charge in [0.05, 0.1) is 77.0 Å². The van der Waals surface area contributed by atoms with Gasteiger partial charge in [-0.3, -0.25) is 9.59 Å². The van der Waals surface area contributed by atoms with Crippen molar-refractivity contribution in [2.75, 3.05) is 138 Å². The molecule has 0 N–H and O–H groups in total. The Morgan fingerprint density at radius 3 is 1.30 bits per heavy atom. The predicted octanol–water partition coefficient (Wildman–Crippen LogP) is 12.6. The summed E-state index contributed by atoms with van der Waals surface area (Å²) in [4.78, 5) is 66.4. The average Bonchev–Trinajstić information content (AvgIpc) is 0.796. The summed E-state index contributed by atoms with van der Waals surface area (Å²) in [6.45, 7) is 8.11. The molecule has 0 aliphatic carbocycles. The first-order valence-electron chi connectivity index (χ1n) is 35.0. The molecule has 2 saturated heterocycles. The molecule has 2 aliphatic rings. The van der Waals surface area contributed by atoms with Gasteiger partial charge < -0.3 is 85.9 Å². The second-order valence-electron chi connectivity index (χ2n) is 25.3. The number of likely N-dealkylation sites (N-methyl/N-ethyl adjacent to an activating group) is 2. The number of ether oxygens (including phenoxy) is 14. The zero-order valence-electron chi connectivity index (χ0n) is 61.9. The fourth-order valence-corrected chi connectivity index (χ4v) is 13.2. The molecule has 0 unspecified atom stereocenters. The van der Waals surface area contributed by atoms with E-state index in [9.17, 15) is 19.2 Å². The van der Waals surface area contributed by atoms with Crippen molar-refractivity contribution in [3.63, 3.8) is 0 Å². The molecular weight excluding hydrogens is 1300 g/mol. The molecule has 22 heteroatoms. The number of allylic oxidation sites excluding steroid dienone is 1. The van der Waals surface area contributed by atoms with Gasteiger partial charge in [0.25, 0.3) is 5.91 Å². The monoisotopic (exact) mass is 1410 g/mol. The van der Waals surface area contributed by atoms with Crippen LogP contribution in [0.2, 0.25) is 0 Å². The quantitative estimate of drug-likeness (QED) is 0.0260. The van der Waals surface area contributed by atoms with E-state index in [1.165, 1.54) is 28.4 Å². The molecule has 2 amide bonds. The van der Waals surface area contributed by atoms with Crippen molar-refractivity contribution >= 4 is 29.3 Å². The molecule has 2 heterocycles. The summed E-state index contributed by atoms with van der Waals surface area (Å²) >= 11 is 0. The lowest BCUT2D eigenvalue weighted by Crippen LogP contribution is -2.50. The highest BCUT2D eigenvalue weighted by Crippen LogP contribution is 2.44. The SMILES string of the molecule is C/C=C(/C(=O)N1CCCC[C@H]1C(=O)O[C@H](CCc1ccc(OC)c(OC)c1)c1cccc(OCCN(C)CCN(C)CCOc2cccc([C@@H](CCc3ccc(OC)c(OC)c3)OC(=O)[C@@H]3CCCCN3C(=O)[C@@H](CC)c3cc(OC)c(OC)c(OC)c3)c2)c1)c1cc(OC)c(OC)c(OC)c1. The molecule has 0 aromatic heterocycles. The summed E-state index contributed by atoms with van der Waals surface area (Å²) in [6, 6.07) is 32.3. The maximum atomic E-state index is 14.7. The van der Waals surface area contributed by atoms with Crippen LogP contribution in [0.5, 0.6) is 69.0 Å². The van der Waals surface area contributed by atoms with Crippen molar-refractivity contribution in [1.82, 2.24) is 19.6 Å². The van der Waals surface area contributed by atoms with E-state index < -0.39 is 42.1 Å². The lowest BCUT2D eigenvalue weighted by atomic mass is 9.91. The minimum absolute atomic E-state index is 0.168. The van der Waals surface area contributed by atoms with Gasteiger partial charge in [-0.15, -0.1) is 0 Å². The highest BCUT2D eigenvalue weighted by molar-refractivity contribution is 6.20.